The highest BCUT2D eigenvalue weighted by atomic mass is 16.7. The number of hydrogen-bond donors (Lipinski definition) is 0. The zero-order chi connectivity index (χ0) is 13.2. The Balaban J connectivity index is 1.67. The minimum absolute atomic E-state index is 0.0445. The zero-order valence-corrected chi connectivity index (χ0v) is 10.6. The molecule has 3 rings (SSSR count). The van der Waals surface area contributed by atoms with Gasteiger partial charge in [0.25, 0.3) is 0 Å². The maximum absolute atomic E-state index is 11.3. The number of esters is 1. The maximum Gasteiger partial charge on any atom is 0.306 e. The van der Waals surface area contributed by atoms with Crippen LogP contribution in [0.25, 0.3) is 10.4 Å². The quantitative estimate of drug-likeness (QED) is 0.338. The van der Waals surface area contributed by atoms with Crippen molar-refractivity contribution in [3.05, 3.63) is 10.4 Å². The van der Waals surface area contributed by atoms with Gasteiger partial charge in [-0.1, -0.05) is 5.11 Å². The van der Waals surface area contributed by atoms with Crippen LogP contribution in [0.15, 0.2) is 5.11 Å². The SMILES string of the molecule is [N-]=[N+]=N[C@@H]1[C@@H]2CC(=O)O[C@@H]2C[C@@H]1OC1CCCCO1. The average molecular weight is 267 g/mol. The summed E-state index contributed by atoms with van der Waals surface area (Å²) in [6.07, 6.45) is 3.34. The van der Waals surface area contributed by atoms with Gasteiger partial charge in [-0.05, 0) is 24.8 Å². The Kier molecular flexibility index (Phi) is 3.59. The molecule has 104 valence electrons. The summed E-state index contributed by atoms with van der Waals surface area (Å²) in [7, 11) is 0. The normalized spacial score (nSPS) is 41.5. The molecule has 1 unspecified atom stereocenters. The van der Waals surface area contributed by atoms with E-state index < -0.39 is 0 Å². The van der Waals surface area contributed by atoms with Gasteiger partial charge in [0.2, 0.25) is 0 Å². The van der Waals surface area contributed by atoms with E-state index in [1.165, 1.54) is 0 Å². The highest BCUT2D eigenvalue weighted by Gasteiger charge is 2.51. The summed E-state index contributed by atoms with van der Waals surface area (Å²) in [5.74, 6) is -0.252. The maximum atomic E-state index is 11.3. The Bertz CT molecular complexity index is 404. The second kappa shape index (κ2) is 5.36. The number of nitrogens with zero attached hydrogens (tertiary/aromatic N) is 3. The number of hydrogen-bond acceptors (Lipinski definition) is 5. The number of carbonyl (C=O) groups excluding carboxylic acids is 1. The highest BCUT2D eigenvalue weighted by molar-refractivity contribution is 5.72. The first-order valence-corrected chi connectivity index (χ1v) is 6.78. The standard InChI is InChI=1S/C12H17N3O4/c13-15-14-12-7-5-10(16)18-8(7)6-9(12)19-11-3-1-2-4-17-11/h7-9,11-12H,1-6H2/t7-,8-,9+,11?,12-/m1/s1. The molecule has 0 spiro atoms. The monoisotopic (exact) mass is 267 g/mol. The van der Waals surface area contributed by atoms with Crippen molar-refractivity contribution in [2.75, 3.05) is 6.61 Å². The van der Waals surface area contributed by atoms with Gasteiger partial charge in [-0.15, -0.1) is 0 Å². The molecule has 7 heteroatoms. The molecule has 0 amide bonds. The number of fused-ring (bicyclic) bond motifs is 1. The van der Waals surface area contributed by atoms with Crippen LogP contribution in [0.4, 0.5) is 0 Å². The van der Waals surface area contributed by atoms with E-state index in [4.69, 9.17) is 19.7 Å². The fourth-order valence-corrected chi connectivity index (χ4v) is 3.21. The molecule has 2 saturated heterocycles. The molecular formula is C12H17N3O4. The van der Waals surface area contributed by atoms with E-state index in [9.17, 15) is 4.79 Å². The van der Waals surface area contributed by atoms with E-state index in [2.05, 4.69) is 10.0 Å². The summed E-state index contributed by atoms with van der Waals surface area (Å²) in [5.41, 5.74) is 8.68. The van der Waals surface area contributed by atoms with Crippen LogP contribution >= 0.6 is 0 Å². The van der Waals surface area contributed by atoms with E-state index >= 15 is 0 Å². The van der Waals surface area contributed by atoms with E-state index in [1.54, 1.807) is 0 Å². The minimum atomic E-state index is -0.327. The lowest BCUT2D eigenvalue weighted by Gasteiger charge is -2.28. The first-order valence-electron chi connectivity index (χ1n) is 6.78. The number of ether oxygens (including phenoxy) is 3. The van der Waals surface area contributed by atoms with E-state index in [-0.39, 0.29) is 36.4 Å². The van der Waals surface area contributed by atoms with Crippen LogP contribution in [-0.4, -0.2) is 37.1 Å². The topological polar surface area (TPSA) is 93.5 Å². The number of rotatable bonds is 3. The van der Waals surface area contributed by atoms with Crippen LogP contribution < -0.4 is 0 Å². The predicted molar refractivity (Wildman–Crippen MR) is 64.0 cm³/mol. The summed E-state index contributed by atoms with van der Waals surface area (Å²) < 4.78 is 16.7. The van der Waals surface area contributed by atoms with Crippen LogP contribution in [0.3, 0.4) is 0 Å². The van der Waals surface area contributed by atoms with Gasteiger partial charge in [-0.25, -0.2) is 0 Å². The van der Waals surface area contributed by atoms with Crippen LogP contribution in [0.1, 0.15) is 32.1 Å². The van der Waals surface area contributed by atoms with Crippen molar-refractivity contribution >= 4 is 5.97 Å². The molecule has 1 aliphatic carbocycles. The van der Waals surface area contributed by atoms with Gasteiger partial charge in [0, 0.05) is 23.9 Å². The van der Waals surface area contributed by atoms with Gasteiger partial charge in [-0.3, -0.25) is 4.79 Å². The van der Waals surface area contributed by atoms with Crippen molar-refractivity contribution in [1.29, 1.82) is 0 Å². The summed E-state index contributed by atoms with van der Waals surface area (Å²) in [6.45, 7) is 0.714. The molecule has 1 saturated carbocycles. The fraction of sp³-hybridized carbons (Fsp3) is 0.917. The lowest BCUT2D eigenvalue weighted by molar-refractivity contribution is -0.191. The lowest BCUT2D eigenvalue weighted by Crippen LogP contribution is -2.33. The predicted octanol–water partition coefficient (Wildman–Crippen LogP) is 1.91. The summed E-state index contributed by atoms with van der Waals surface area (Å²) >= 11 is 0. The molecule has 0 N–H and O–H groups in total. The van der Waals surface area contributed by atoms with Crippen LogP contribution in [0.5, 0.6) is 0 Å². The minimum Gasteiger partial charge on any atom is -0.462 e. The van der Waals surface area contributed by atoms with Crippen molar-refractivity contribution < 1.29 is 19.0 Å². The third kappa shape index (κ3) is 2.54. The Hall–Kier alpha value is -1.30. The van der Waals surface area contributed by atoms with E-state index in [0.29, 0.717) is 19.4 Å². The third-order valence-electron chi connectivity index (χ3n) is 4.10. The van der Waals surface area contributed by atoms with Crippen molar-refractivity contribution in [3.63, 3.8) is 0 Å². The van der Waals surface area contributed by atoms with Gasteiger partial charge in [0.1, 0.15) is 6.10 Å². The van der Waals surface area contributed by atoms with E-state index in [0.717, 1.165) is 19.3 Å². The first kappa shape index (κ1) is 12.7. The Morgan fingerprint density at radius 1 is 1.42 bits per heavy atom. The lowest BCUT2D eigenvalue weighted by atomic mass is 10.0. The summed E-state index contributed by atoms with van der Waals surface area (Å²) in [4.78, 5) is 14.2. The molecule has 2 heterocycles. The molecule has 0 bridgehead atoms. The van der Waals surface area contributed by atoms with Gasteiger partial charge in [0.05, 0.1) is 18.6 Å². The molecule has 0 radical (unpaired) electrons. The molecule has 7 nitrogen and oxygen atoms in total. The van der Waals surface area contributed by atoms with Gasteiger partial charge in [0.15, 0.2) is 6.29 Å². The van der Waals surface area contributed by atoms with E-state index in [1.807, 2.05) is 0 Å². The second-order valence-corrected chi connectivity index (χ2v) is 5.30. The molecule has 3 aliphatic rings. The van der Waals surface area contributed by atoms with Gasteiger partial charge >= 0.3 is 5.97 Å². The second-order valence-electron chi connectivity index (χ2n) is 5.30. The van der Waals surface area contributed by atoms with Gasteiger partial charge < -0.3 is 14.2 Å². The summed E-state index contributed by atoms with van der Waals surface area (Å²) in [5, 5.41) is 3.82. The summed E-state index contributed by atoms with van der Waals surface area (Å²) in [6, 6.07) is -0.327. The Labute approximate surface area is 110 Å². The fourth-order valence-electron chi connectivity index (χ4n) is 3.21. The first-order chi connectivity index (χ1) is 9.28. The van der Waals surface area contributed by atoms with Crippen molar-refractivity contribution in [2.45, 2.75) is 56.6 Å². The van der Waals surface area contributed by atoms with Crippen LogP contribution in [-0.2, 0) is 19.0 Å². The smallest absolute Gasteiger partial charge is 0.306 e. The Morgan fingerprint density at radius 2 is 2.32 bits per heavy atom. The van der Waals surface area contributed by atoms with Gasteiger partial charge in [-0.2, -0.15) is 0 Å². The third-order valence-corrected chi connectivity index (χ3v) is 4.10. The van der Waals surface area contributed by atoms with Crippen molar-refractivity contribution in [1.82, 2.24) is 0 Å². The van der Waals surface area contributed by atoms with Crippen molar-refractivity contribution in [3.8, 4) is 0 Å². The molecule has 2 aliphatic heterocycles. The van der Waals surface area contributed by atoms with Crippen LogP contribution in [0, 0.1) is 5.92 Å². The molecule has 5 atom stereocenters. The highest BCUT2D eigenvalue weighted by Crippen LogP contribution is 2.41. The molecule has 0 aromatic rings. The molecule has 0 aromatic carbocycles. The molecule has 0 aromatic heterocycles. The molecule has 19 heavy (non-hydrogen) atoms. The van der Waals surface area contributed by atoms with Crippen molar-refractivity contribution in [2.24, 2.45) is 11.0 Å². The number of carbonyl (C=O) groups is 1. The number of azide groups is 1. The zero-order valence-electron chi connectivity index (χ0n) is 10.6. The molecule has 3 fully saturated rings. The largest absolute Gasteiger partial charge is 0.462 e. The average Bonchev–Trinajstić information content (AvgIpc) is 2.90. The van der Waals surface area contributed by atoms with Crippen LogP contribution in [0.2, 0.25) is 0 Å². The molecular weight excluding hydrogens is 250 g/mol. The Morgan fingerprint density at radius 3 is 3.05 bits per heavy atom.